The first-order valence-electron chi connectivity index (χ1n) is 6.59. The molecule has 1 aliphatic rings. The van der Waals surface area contributed by atoms with E-state index in [1.807, 2.05) is 0 Å². The van der Waals surface area contributed by atoms with Crippen LogP contribution in [0.5, 0.6) is 0 Å². The Kier molecular flexibility index (Phi) is 2.85. The van der Waals surface area contributed by atoms with Gasteiger partial charge in [0.05, 0.1) is 17.1 Å². The Morgan fingerprint density at radius 3 is 3.06 bits per heavy atom. The van der Waals surface area contributed by atoms with Gasteiger partial charge in [-0.25, -0.2) is 4.98 Å². The molecule has 2 aromatic rings. The zero-order chi connectivity index (χ0) is 11.7. The molecule has 2 heterocycles. The van der Waals surface area contributed by atoms with Gasteiger partial charge in [0.2, 0.25) is 0 Å². The molecule has 0 amide bonds. The topological polar surface area (TPSA) is 40.7 Å². The molecule has 3 rings (SSSR count). The summed E-state index contributed by atoms with van der Waals surface area (Å²) < 4.78 is 0. The van der Waals surface area contributed by atoms with Crippen molar-refractivity contribution in [3.05, 3.63) is 29.6 Å². The van der Waals surface area contributed by atoms with Crippen molar-refractivity contribution in [3.8, 4) is 0 Å². The summed E-state index contributed by atoms with van der Waals surface area (Å²) in [7, 11) is 0. The Labute approximate surface area is 102 Å². The van der Waals surface area contributed by atoms with Gasteiger partial charge in [-0.1, -0.05) is 19.4 Å². The van der Waals surface area contributed by atoms with Crippen LogP contribution < -0.4 is 5.32 Å². The highest BCUT2D eigenvalue weighted by Gasteiger charge is 2.17. The van der Waals surface area contributed by atoms with Crippen molar-refractivity contribution >= 4 is 11.0 Å². The van der Waals surface area contributed by atoms with E-state index in [2.05, 4.69) is 35.4 Å². The molecule has 1 fully saturated rings. The van der Waals surface area contributed by atoms with E-state index >= 15 is 0 Å². The molecule has 1 aliphatic heterocycles. The van der Waals surface area contributed by atoms with E-state index in [9.17, 15) is 0 Å². The second-order valence-electron chi connectivity index (χ2n) is 4.83. The monoisotopic (exact) mass is 229 g/mol. The van der Waals surface area contributed by atoms with Gasteiger partial charge >= 0.3 is 0 Å². The molecule has 3 nitrogen and oxygen atoms in total. The number of aromatic nitrogens is 2. The highest BCUT2D eigenvalue weighted by atomic mass is 15.0. The number of aromatic amines is 1. The molecule has 1 unspecified atom stereocenters. The van der Waals surface area contributed by atoms with E-state index in [1.165, 1.54) is 30.3 Å². The lowest BCUT2D eigenvalue weighted by molar-refractivity contribution is 0.400. The van der Waals surface area contributed by atoms with Crippen LogP contribution in [0.4, 0.5) is 0 Å². The number of hydrogen-bond donors (Lipinski definition) is 2. The first-order valence-corrected chi connectivity index (χ1v) is 6.59. The van der Waals surface area contributed by atoms with E-state index in [1.54, 1.807) is 0 Å². The maximum atomic E-state index is 4.69. The van der Waals surface area contributed by atoms with E-state index in [0.717, 1.165) is 24.3 Å². The maximum Gasteiger partial charge on any atom is 0.124 e. The minimum atomic E-state index is 0.418. The summed E-state index contributed by atoms with van der Waals surface area (Å²) in [6.45, 7) is 3.29. The summed E-state index contributed by atoms with van der Waals surface area (Å²) in [6.07, 6.45) is 4.86. The normalized spacial score (nSPS) is 20.9. The highest BCUT2D eigenvalue weighted by Crippen LogP contribution is 2.23. The first kappa shape index (κ1) is 10.8. The van der Waals surface area contributed by atoms with Crippen molar-refractivity contribution in [2.75, 3.05) is 6.54 Å². The SMILES string of the molecule is CCc1ccc2nc(C3CCCCN3)[nH]c2c1. The molecule has 0 saturated carbocycles. The lowest BCUT2D eigenvalue weighted by atomic mass is 10.0. The van der Waals surface area contributed by atoms with Crippen LogP contribution in [-0.2, 0) is 6.42 Å². The van der Waals surface area contributed by atoms with Crippen molar-refractivity contribution in [2.24, 2.45) is 0 Å². The van der Waals surface area contributed by atoms with Crippen LogP contribution >= 0.6 is 0 Å². The van der Waals surface area contributed by atoms with Crippen molar-refractivity contribution in [1.82, 2.24) is 15.3 Å². The summed E-state index contributed by atoms with van der Waals surface area (Å²) in [5, 5.41) is 3.53. The first-order chi connectivity index (χ1) is 8.36. The largest absolute Gasteiger partial charge is 0.341 e. The minimum absolute atomic E-state index is 0.418. The van der Waals surface area contributed by atoms with E-state index in [4.69, 9.17) is 4.98 Å². The molecule has 17 heavy (non-hydrogen) atoms. The molecule has 1 aromatic heterocycles. The molecule has 2 N–H and O–H groups in total. The second kappa shape index (κ2) is 4.49. The van der Waals surface area contributed by atoms with Crippen molar-refractivity contribution in [3.63, 3.8) is 0 Å². The molecule has 3 heteroatoms. The van der Waals surface area contributed by atoms with Crippen molar-refractivity contribution < 1.29 is 0 Å². The Hall–Kier alpha value is -1.35. The molecule has 0 bridgehead atoms. The summed E-state index contributed by atoms with van der Waals surface area (Å²) in [6, 6.07) is 6.92. The fourth-order valence-electron chi connectivity index (χ4n) is 2.55. The van der Waals surface area contributed by atoms with Crippen LogP contribution in [0, 0.1) is 0 Å². The number of H-pyrrole nitrogens is 1. The van der Waals surface area contributed by atoms with Gasteiger partial charge in [-0.3, -0.25) is 0 Å². The van der Waals surface area contributed by atoms with E-state index < -0.39 is 0 Å². The summed E-state index contributed by atoms with van der Waals surface area (Å²) >= 11 is 0. The predicted octanol–water partition coefficient (Wildman–Crippen LogP) is 2.94. The van der Waals surface area contributed by atoms with Gasteiger partial charge in [0.25, 0.3) is 0 Å². The molecule has 90 valence electrons. The van der Waals surface area contributed by atoms with Crippen LogP contribution in [0.25, 0.3) is 11.0 Å². The summed E-state index contributed by atoms with van der Waals surface area (Å²) in [5.41, 5.74) is 3.63. The number of aryl methyl sites for hydroxylation is 1. The van der Waals surface area contributed by atoms with Gasteiger partial charge in [-0.2, -0.15) is 0 Å². The van der Waals surface area contributed by atoms with E-state index in [-0.39, 0.29) is 0 Å². The molecule has 1 atom stereocenters. The molecule has 0 aliphatic carbocycles. The predicted molar refractivity (Wildman–Crippen MR) is 70.1 cm³/mol. The Morgan fingerprint density at radius 1 is 1.35 bits per heavy atom. The minimum Gasteiger partial charge on any atom is -0.341 e. The van der Waals surface area contributed by atoms with Crippen LogP contribution in [0.15, 0.2) is 18.2 Å². The van der Waals surface area contributed by atoms with Crippen molar-refractivity contribution in [2.45, 2.75) is 38.6 Å². The molecular weight excluding hydrogens is 210 g/mol. The smallest absolute Gasteiger partial charge is 0.124 e. The van der Waals surface area contributed by atoms with Gasteiger partial charge in [-0.05, 0) is 43.5 Å². The summed E-state index contributed by atoms with van der Waals surface area (Å²) in [5.74, 6) is 1.10. The highest BCUT2D eigenvalue weighted by molar-refractivity contribution is 5.76. The van der Waals surface area contributed by atoms with Gasteiger partial charge in [0.1, 0.15) is 5.82 Å². The number of fused-ring (bicyclic) bond motifs is 1. The van der Waals surface area contributed by atoms with Gasteiger partial charge in [0.15, 0.2) is 0 Å². The Balaban J connectivity index is 1.95. The lowest BCUT2D eigenvalue weighted by Crippen LogP contribution is -2.27. The molecule has 0 spiro atoms. The molecule has 1 aromatic carbocycles. The molecule has 1 saturated heterocycles. The third-order valence-electron chi connectivity index (χ3n) is 3.61. The van der Waals surface area contributed by atoms with Crippen LogP contribution in [0.2, 0.25) is 0 Å². The van der Waals surface area contributed by atoms with Gasteiger partial charge in [-0.15, -0.1) is 0 Å². The quantitative estimate of drug-likeness (QED) is 0.831. The number of piperidine rings is 1. The fraction of sp³-hybridized carbons (Fsp3) is 0.500. The average Bonchev–Trinajstić information content (AvgIpc) is 2.82. The van der Waals surface area contributed by atoms with Gasteiger partial charge < -0.3 is 10.3 Å². The molecule has 0 radical (unpaired) electrons. The zero-order valence-corrected chi connectivity index (χ0v) is 10.3. The third-order valence-corrected chi connectivity index (χ3v) is 3.61. The summed E-state index contributed by atoms with van der Waals surface area (Å²) in [4.78, 5) is 8.16. The Bertz CT molecular complexity index is 509. The van der Waals surface area contributed by atoms with Gasteiger partial charge in [0, 0.05) is 0 Å². The standard InChI is InChI=1S/C14H19N3/c1-2-10-6-7-11-13(9-10)17-14(16-11)12-5-3-4-8-15-12/h6-7,9,12,15H,2-5,8H2,1H3,(H,16,17). The maximum absolute atomic E-state index is 4.69. The molecular formula is C14H19N3. The third kappa shape index (κ3) is 2.07. The zero-order valence-electron chi connectivity index (χ0n) is 10.3. The van der Waals surface area contributed by atoms with Crippen LogP contribution in [0.1, 0.15) is 43.6 Å². The second-order valence-corrected chi connectivity index (χ2v) is 4.83. The van der Waals surface area contributed by atoms with Crippen LogP contribution in [0.3, 0.4) is 0 Å². The number of nitrogens with zero attached hydrogens (tertiary/aromatic N) is 1. The van der Waals surface area contributed by atoms with E-state index in [0.29, 0.717) is 6.04 Å². The number of hydrogen-bond acceptors (Lipinski definition) is 2. The lowest BCUT2D eigenvalue weighted by Gasteiger charge is -2.21. The Morgan fingerprint density at radius 2 is 2.29 bits per heavy atom. The number of imidazole rings is 1. The number of rotatable bonds is 2. The average molecular weight is 229 g/mol. The number of benzene rings is 1. The van der Waals surface area contributed by atoms with Crippen molar-refractivity contribution in [1.29, 1.82) is 0 Å². The van der Waals surface area contributed by atoms with Crippen LogP contribution in [-0.4, -0.2) is 16.5 Å². The fourth-order valence-corrected chi connectivity index (χ4v) is 2.55. The number of nitrogens with one attached hydrogen (secondary N) is 2.